The molecule has 0 amide bonds. The molecule has 1 unspecified atom stereocenters. The maximum absolute atomic E-state index is 6.83. The average molecular weight is 422 g/mol. The molecule has 3 heteroatoms. The lowest BCUT2D eigenvalue weighted by molar-refractivity contribution is 0.0736. The highest BCUT2D eigenvalue weighted by atomic mass is 31.1. The Morgan fingerprint density at radius 3 is 1.29 bits per heavy atom. The molecule has 0 aliphatic carbocycles. The summed E-state index contributed by atoms with van der Waals surface area (Å²) in [5.41, 5.74) is 2.96. The molecule has 152 valence electrons. The van der Waals surface area contributed by atoms with E-state index >= 15 is 0 Å². The Morgan fingerprint density at radius 2 is 0.871 bits per heavy atom. The van der Waals surface area contributed by atoms with Gasteiger partial charge in [0.05, 0.1) is 11.7 Å². The zero-order valence-corrected chi connectivity index (χ0v) is 18.0. The van der Waals surface area contributed by atoms with Crippen LogP contribution in [0, 0.1) is 0 Å². The quantitative estimate of drug-likeness (QED) is 0.330. The molecular formula is C28H23O2P. The van der Waals surface area contributed by atoms with Gasteiger partial charge >= 0.3 is 0 Å². The van der Waals surface area contributed by atoms with Crippen molar-refractivity contribution in [3.8, 4) is 0 Å². The molecular weight excluding hydrogens is 399 g/mol. The molecule has 1 atom stereocenters. The lowest BCUT2D eigenvalue weighted by atomic mass is 9.58. The highest BCUT2D eigenvalue weighted by Gasteiger charge is 2.56. The molecule has 0 saturated heterocycles. The lowest BCUT2D eigenvalue weighted by Gasteiger charge is -2.48. The summed E-state index contributed by atoms with van der Waals surface area (Å²) in [5, 5.41) is 0. The molecule has 1 aliphatic heterocycles. The van der Waals surface area contributed by atoms with Crippen LogP contribution in [0.3, 0.4) is 0 Å². The van der Waals surface area contributed by atoms with Crippen LogP contribution in [0.15, 0.2) is 134 Å². The second kappa shape index (κ2) is 8.51. The van der Waals surface area contributed by atoms with E-state index in [1.54, 1.807) is 6.26 Å². The zero-order valence-electron chi connectivity index (χ0n) is 17.0. The van der Waals surface area contributed by atoms with Crippen LogP contribution in [-0.2, 0) is 20.1 Å². The van der Waals surface area contributed by atoms with E-state index in [0.29, 0.717) is 0 Å². The summed E-state index contributed by atoms with van der Waals surface area (Å²) in [5.74, 6) is 0. The fourth-order valence-electron chi connectivity index (χ4n) is 4.70. The second-order valence-corrected chi connectivity index (χ2v) is 8.17. The summed E-state index contributed by atoms with van der Waals surface area (Å²) in [7, 11) is -0.133. The summed E-state index contributed by atoms with van der Waals surface area (Å²) in [6, 6.07) is 42.1. The molecule has 4 aromatic rings. The normalized spacial score (nSPS) is 17.5. The number of rotatable bonds is 4. The topological polar surface area (TPSA) is 18.5 Å². The first kappa shape index (κ1) is 19.8. The van der Waals surface area contributed by atoms with E-state index in [-0.39, 0.29) is 9.03 Å². The first-order valence-corrected chi connectivity index (χ1v) is 11.2. The minimum Gasteiger partial charge on any atom is -0.458 e. The molecule has 5 rings (SSSR count). The monoisotopic (exact) mass is 422 g/mol. The van der Waals surface area contributed by atoms with Gasteiger partial charge < -0.3 is 9.05 Å². The Balaban J connectivity index is 1.96. The van der Waals surface area contributed by atoms with Crippen molar-refractivity contribution in [1.29, 1.82) is 0 Å². The number of hydrogen-bond donors (Lipinski definition) is 0. The van der Waals surface area contributed by atoms with Crippen molar-refractivity contribution < 1.29 is 9.05 Å². The summed E-state index contributed by atoms with van der Waals surface area (Å²) in [6.07, 6.45) is 3.96. The molecule has 0 radical (unpaired) electrons. The van der Waals surface area contributed by atoms with Crippen LogP contribution in [0.1, 0.15) is 22.3 Å². The SMILES string of the molecule is C1=CC(c2ccccc2)(c2ccccc2)C(c2ccccc2)(c2ccccc2)OPO1. The molecule has 1 aliphatic rings. The van der Waals surface area contributed by atoms with E-state index in [1.807, 2.05) is 12.1 Å². The van der Waals surface area contributed by atoms with Crippen molar-refractivity contribution >= 4 is 9.03 Å². The van der Waals surface area contributed by atoms with Crippen LogP contribution in [0.4, 0.5) is 0 Å². The first-order valence-electron chi connectivity index (χ1n) is 10.4. The van der Waals surface area contributed by atoms with E-state index in [9.17, 15) is 0 Å². The minimum atomic E-state index is -0.830. The number of hydrogen-bond acceptors (Lipinski definition) is 2. The van der Waals surface area contributed by atoms with Gasteiger partial charge in [0.1, 0.15) is 5.60 Å². The van der Waals surface area contributed by atoms with Gasteiger partial charge in [-0.05, 0) is 28.3 Å². The van der Waals surface area contributed by atoms with Crippen LogP contribution in [0.25, 0.3) is 0 Å². The summed E-state index contributed by atoms with van der Waals surface area (Å²) < 4.78 is 12.6. The molecule has 0 bridgehead atoms. The molecule has 2 nitrogen and oxygen atoms in total. The molecule has 0 fully saturated rings. The van der Waals surface area contributed by atoms with Gasteiger partial charge in [-0.25, -0.2) is 0 Å². The number of benzene rings is 4. The molecule has 0 spiro atoms. The van der Waals surface area contributed by atoms with E-state index < -0.39 is 11.0 Å². The smallest absolute Gasteiger partial charge is 0.215 e. The fourth-order valence-corrected chi connectivity index (χ4v) is 5.39. The Labute approximate surface area is 185 Å². The molecule has 0 saturated carbocycles. The van der Waals surface area contributed by atoms with Gasteiger partial charge in [0, 0.05) is 0 Å². The van der Waals surface area contributed by atoms with Gasteiger partial charge in [-0.2, -0.15) is 0 Å². The molecule has 0 aromatic heterocycles. The Kier molecular flexibility index (Phi) is 5.42. The molecule has 1 heterocycles. The molecule has 0 N–H and O–H groups in total. The van der Waals surface area contributed by atoms with Crippen molar-refractivity contribution in [3.63, 3.8) is 0 Å². The fraction of sp³-hybridized carbons (Fsp3) is 0.0714. The van der Waals surface area contributed by atoms with Crippen molar-refractivity contribution in [2.75, 3.05) is 0 Å². The van der Waals surface area contributed by atoms with Crippen LogP contribution in [0.2, 0.25) is 0 Å². The van der Waals surface area contributed by atoms with Crippen molar-refractivity contribution in [3.05, 3.63) is 156 Å². The first-order chi connectivity index (χ1) is 15.4. The van der Waals surface area contributed by atoms with Crippen molar-refractivity contribution in [1.82, 2.24) is 0 Å². The third-order valence-electron chi connectivity index (χ3n) is 6.00. The highest BCUT2D eigenvalue weighted by Crippen LogP contribution is 2.58. The van der Waals surface area contributed by atoms with Gasteiger partial charge in [-0.3, -0.25) is 0 Å². The third kappa shape index (κ3) is 3.20. The highest BCUT2D eigenvalue weighted by molar-refractivity contribution is 7.26. The lowest BCUT2D eigenvalue weighted by Crippen LogP contribution is -2.50. The van der Waals surface area contributed by atoms with Gasteiger partial charge in [0.25, 0.3) is 0 Å². The largest absolute Gasteiger partial charge is 0.458 e. The van der Waals surface area contributed by atoms with E-state index in [4.69, 9.17) is 9.05 Å². The average Bonchev–Trinajstić information content (AvgIpc) is 3.08. The Morgan fingerprint density at radius 1 is 0.484 bits per heavy atom. The maximum Gasteiger partial charge on any atom is 0.215 e. The maximum atomic E-state index is 6.83. The molecule has 31 heavy (non-hydrogen) atoms. The minimum absolute atomic E-state index is 0.133. The predicted octanol–water partition coefficient (Wildman–Crippen LogP) is 6.99. The van der Waals surface area contributed by atoms with Crippen molar-refractivity contribution in [2.24, 2.45) is 0 Å². The van der Waals surface area contributed by atoms with Crippen molar-refractivity contribution in [2.45, 2.75) is 11.0 Å². The zero-order chi connectivity index (χ0) is 21.0. The van der Waals surface area contributed by atoms with Crippen LogP contribution in [-0.4, -0.2) is 0 Å². The Bertz CT molecular complexity index is 1060. The predicted molar refractivity (Wildman–Crippen MR) is 127 cm³/mol. The van der Waals surface area contributed by atoms with Crippen LogP contribution >= 0.6 is 9.03 Å². The van der Waals surface area contributed by atoms with Gasteiger partial charge in [0.15, 0.2) is 0 Å². The Hall–Kier alpha value is -3.19. The summed E-state index contributed by atoms with van der Waals surface area (Å²) >= 11 is 0. The van der Waals surface area contributed by atoms with Gasteiger partial charge in [0.2, 0.25) is 9.03 Å². The summed E-state index contributed by atoms with van der Waals surface area (Å²) in [6.45, 7) is 0. The van der Waals surface area contributed by atoms with Crippen LogP contribution in [0.5, 0.6) is 0 Å². The third-order valence-corrected chi connectivity index (χ3v) is 6.63. The van der Waals surface area contributed by atoms with E-state index in [2.05, 4.69) is 115 Å². The van der Waals surface area contributed by atoms with Gasteiger partial charge in [-0.15, -0.1) is 0 Å². The van der Waals surface area contributed by atoms with E-state index in [1.165, 1.54) is 0 Å². The van der Waals surface area contributed by atoms with Crippen LogP contribution < -0.4 is 0 Å². The van der Waals surface area contributed by atoms with E-state index in [0.717, 1.165) is 22.3 Å². The second-order valence-electron chi connectivity index (χ2n) is 7.56. The molecule has 4 aromatic carbocycles. The van der Waals surface area contributed by atoms with Gasteiger partial charge in [-0.1, -0.05) is 121 Å². The standard InChI is InChI=1S/C28H23O2P/c1-5-13-23(14-6-1)27(24-15-7-2-8-16-24)21-22-29-31-30-28(27,25-17-9-3-10-18-25)26-19-11-4-12-20-26/h1-22,31H. The summed E-state index contributed by atoms with van der Waals surface area (Å²) in [4.78, 5) is 0.